The Hall–Kier alpha value is -4.83. The van der Waals surface area contributed by atoms with E-state index >= 15 is 0 Å². The van der Waals surface area contributed by atoms with E-state index in [1.165, 1.54) is 0 Å². The van der Waals surface area contributed by atoms with Crippen molar-refractivity contribution in [1.29, 1.82) is 0 Å². The number of aromatic amines is 2. The van der Waals surface area contributed by atoms with Crippen LogP contribution < -0.4 is 5.63 Å². The third-order valence-corrected chi connectivity index (χ3v) is 6.64. The van der Waals surface area contributed by atoms with Gasteiger partial charge in [0.15, 0.2) is 0 Å². The first-order valence-corrected chi connectivity index (χ1v) is 11.6. The number of hydrogen-bond acceptors (Lipinski definition) is 2. The first-order chi connectivity index (χ1) is 17.3. The van der Waals surface area contributed by atoms with Crippen molar-refractivity contribution in [3.8, 4) is 33.6 Å². The van der Waals surface area contributed by atoms with Crippen LogP contribution in [-0.2, 0) is 0 Å². The van der Waals surface area contributed by atoms with Crippen LogP contribution in [0, 0.1) is 0 Å². The number of nitrogens with one attached hydrogen (secondary N) is 2. The molecule has 0 fully saturated rings. The minimum Gasteiger partial charge on any atom is -0.422 e. The quantitative estimate of drug-likeness (QED) is 0.269. The van der Waals surface area contributed by atoms with Crippen molar-refractivity contribution in [2.75, 3.05) is 0 Å². The molecule has 0 spiro atoms. The molecule has 35 heavy (non-hydrogen) atoms. The lowest BCUT2D eigenvalue weighted by molar-refractivity contribution is 0.570. The zero-order chi connectivity index (χ0) is 23.4. The molecule has 7 aromatic rings. The lowest BCUT2D eigenvalue weighted by atomic mass is 9.94. The molecule has 0 saturated heterocycles. The highest BCUT2D eigenvalue weighted by molar-refractivity contribution is 6.18. The molecule has 3 heterocycles. The molecule has 4 heteroatoms. The van der Waals surface area contributed by atoms with Gasteiger partial charge in [0.2, 0.25) is 0 Å². The van der Waals surface area contributed by atoms with Gasteiger partial charge < -0.3 is 14.4 Å². The molecule has 0 radical (unpaired) electrons. The topological polar surface area (TPSA) is 61.8 Å². The van der Waals surface area contributed by atoms with E-state index in [2.05, 4.69) is 46.4 Å². The molecule has 0 aliphatic heterocycles. The maximum Gasteiger partial charge on any atom is 0.346 e. The molecule has 3 aromatic heterocycles. The van der Waals surface area contributed by atoms with E-state index in [1.807, 2.05) is 72.8 Å². The van der Waals surface area contributed by atoms with Gasteiger partial charge in [-0.2, -0.15) is 0 Å². The molecule has 0 unspecified atom stereocenters. The zero-order valence-electron chi connectivity index (χ0n) is 18.7. The van der Waals surface area contributed by atoms with Crippen molar-refractivity contribution in [2.45, 2.75) is 0 Å². The third kappa shape index (κ3) is 2.97. The molecule has 0 aliphatic carbocycles. The summed E-state index contributed by atoms with van der Waals surface area (Å²) in [5.74, 6) is 0. The maximum absolute atomic E-state index is 13.5. The Kier molecular flexibility index (Phi) is 4.26. The summed E-state index contributed by atoms with van der Waals surface area (Å²) in [6.07, 6.45) is 0. The van der Waals surface area contributed by atoms with Crippen molar-refractivity contribution >= 4 is 32.8 Å². The van der Waals surface area contributed by atoms with Crippen molar-refractivity contribution in [3.05, 3.63) is 120 Å². The van der Waals surface area contributed by atoms with Crippen LogP contribution in [0.5, 0.6) is 0 Å². The molecule has 0 amide bonds. The standard InChI is InChI=1S/C31H20N2O2/c34-31-27-26(25-21-15-7-9-17-23(21)32-28(25)19-11-3-1-4-12-19)29(20-13-5-2-6-14-20)33-30(27)22-16-8-10-18-24(22)35-31/h1-18,32-33H. The SMILES string of the molecule is O=c1oc2ccccc2c2[nH]c(-c3ccccc3)c(-c3c(-c4ccccc4)[nH]c4ccccc34)c12. The number of para-hydroxylation sites is 2. The number of rotatable bonds is 3. The van der Waals surface area contributed by atoms with Gasteiger partial charge in [0.05, 0.1) is 22.3 Å². The Bertz CT molecular complexity index is 1910. The van der Waals surface area contributed by atoms with Gasteiger partial charge in [-0.15, -0.1) is 0 Å². The maximum atomic E-state index is 13.5. The summed E-state index contributed by atoms with van der Waals surface area (Å²) >= 11 is 0. The lowest BCUT2D eigenvalue weighted by Gasteiger charge is -2.08. The second-order valence-corrected chi connectivity index (χ2v) is 8.66. The summed E-state index contributed by atoms with van der Waals surface area (Å²) in [4.78, 5) is 20.8. The van der Waals surface area contributed by atoms with Crippen LogP contribution in [0.25, 0.3) is 66.4 Å². The van der Waals surface area contributed by atoms with Crippen LogP contribution in [0.4, 0.5) is 0 Å². The molecule has 0 atom stereocenters. The van der Waals surface area contributed by atoms with Crippen molar-refractivity contribution in [3.63, 3.8) is 0 Å². The van der Waals surface area contributed by atoms with Gasteiger partial charge in [-0.3, -0.25) is 0 Å². The zero-order valence-corrected chi connectivity index (χ0v) is 18.7. The summed E-state index contributed by atoms with van der Waals surface area (Å²) in [6, 6.07) is 36.3. The molecule has 4 aromatic carbocycles. The second-order valence-electron chi connectivity index (χ2n) is 8.66. The number of H-pyrrole nitrogens is 2. The number of aromatic nitrogens is 2. The van der Waals surface area contributed by atoms with Gasteiger partial charge in [-0.05, 0) is 29.3 Å². The molecule has 4 nitrogen and oxygen atoms in total. The Labute approximate surface area is 200 Å². The normalized spacial score (nSPS) is 11.5. The van der Waals surface area contributed by atoms with Gasteiger partial charge in [0.1, 0.15) is 5.58 Å². The van der Waals surface area contributed by atoms with Crippen molar-refractivity contribution < 1.29 is 4.42 Å². The molecule has 0 bridgehead atoms. The Morgan fingerprint density at radius 3 is 1.83 bits per heavy atom. The largest absolute Gasteiger partial charge is 0.422 e. The number of benzene rings is 4. The molecule has 7 rings (SSSR count). The monoisotopic (exact) mass is 452 g/mol. The summed E-state index contributed by atoms with van der Waals surface area (Å²) in [5.41, 5.74) is 7.78. The summed E-state index contributed by atoms with van der Waals surface area (Å²) in [7, 11) is 0. The van der Waals surface area contributed by atoms with E-state index in [-0.39, 0.29) is 5.63 Å². The minimum absolute atomic E-state index is 0.351. The first kappa shape index (κ1) is 19.6. The van der Waals surface area contributed by atoms with Crippen LogP contribution in [0.1, 0.15) is 0 Å². The van der Waals surface area contributed by atoms with Crippen LogP contribution in [0.2, 0.25) is 0 Å². The summed E-state index contributed by atoms with van der Waals surface area (Å²) in [6.45, 7) is 0. The van der Waals surface area contributed by atoms with Crippen LogP contribution in [0.15, 0.2) is 118 Å². The average Bonchev–Trinajstić information content (AvgIpc) is 3.49. The second kappa shape index (κ2) is 7.61. The molecule has 2 N–H and O–H groups in total. The van der Waals surface area contributed by atoms with E-state index in [0.29, 0.717) is 11.0 Å². The number of fused-ring (bicyclic) bond motifs is 4. The van der Waals surface area contributed by atoms with E-state index in [4.69, 9.17) is 4.42 Å². The highest BCUT2D eigenvalue weighted by Crippen LogP contribution is 2.46. The van der Waals surface area contributed by atoms with Crippen LogP contribution in [0.3, 0.4) is 0 Å². The van der Waals surface area contributed by atoms with Gasteiger partial charge in [-0.1, -0.05) is 91.0 Å². The van der Waals surface area contributed by atoms with E-state index < -0.39 is 0 Å². The lowest BCUT2D eigenvalue weighted by Crippen LogP contribution is -2.00. The fraction of sp³-hybridized carbons (Fsp3) is 0. The molecule has 0 saturated carbocycles. The van der Waals surface area contributed by atoms with Crippen molar-refractivity contribution in [1.82, 2.24) is 9.97 Å². The first-order valence-electron chi connectivity index (χ1n) is 11.6. The summed E-state index contributed by atoms with van der Waals surface area (Å²) in [5, 5.41) is 2.49. The van der Waals surface area contributed by atoms with Gasteiger partial charge >= 0.3 is 5.63 Å². The summed E-state index contributed by atoms with van der Waals surface area (Å²) < 4.78 is 5.83. The smallest absolute Gasteiger partial charge is 0.346 e. The van der Waals surface area contributed by atoms with Gasteiger partial charge in [0, 0.05) is 27.4 Å². The minimum atomic E-state index is -0.351. The fourth-order valence-corrected chi connectivity index (χ4v) is 5.11. The molecule has 166 valence electrons. The average molecular weight is 453 g/mol. The Balaban J connectivity index is 1.71. The highest BCUT2D eigenvalue weighted by atomic mass is 16.4. The molecular weight excluding hydrogens is 432 g/mol. The van der Waals surface area contributed by atoms with Crippen molar-refractivity contribution in [2.24, 2.45) is 0 Å². The predicted molar refractivity (Wildman–Crippen MR) is 143 cm³/mol. The van der Waals surface area contributed by atoms with E-state index in [1.54, 1.807) is 0 Å². The number of hydrogen-bond donors (Lipinski definition) is 2. The Morgan fingerprint density at radius 2 is 1.11 bits per heavy atom. The highest BCUT2D eigenvalue weighted by Gasteiger charge is 2.25. The van der Waals surface area contributed by atoms with Gasteiger partial charge in [-0.25, -0.2) is 4.79 Å². The van der Waals surface area contributed by atoms with Gasteiger partial charge in [0.25, 0.3) is 0 Å². The van der Waals surface area contributed by atoms with Crippen LogP contribution >= 0.6 is 0 Å². The fourth-order valence-electron chi connectivity index (χ4n) is 5.11. The molecular formula is C31H20N2O2. The van der Waals surface area contributed by atoms with Crippen LogP contribution in [-0.4, -0.2) is 9.97 Å². The van der Waals surface area contributed by atoms with E-state index in [0.717, 1.165) is 55.4 Å². The Morgan fingerprint density at radius 1 is 0.543 bits per heavy atom. The van der Waals surface area contributed by atoms with E-state index in [9.17, 15) is 4.79 Å². The predicted octanol–water partition coefficient (Wildman–Crippen LogP) is 7.76. The third-order valence-electron chi connectivity index (χ3n) is 6.64. The molecule has 0 aliphatic rings.